The average molecular weight is 367 g/mol. The van der Waals surface area contributed by atoms with E-state index in [1.165, 1.54) is 23.9 Å². The molecule has 1 N–H and O–H groups in total. The third-order valence-electron chi connectivity index (χ3n) is 4.93. The number of benzene rings is 2. The molecule has 0 spiro atoms. The summed E-state index contributed by atoms with van der Waals surface area (Å²) in [7, 11) is 0. The van der Waals surface area contributed by atoms with Crippen molar-refractivity contribution in [2.45, 2.75) is 13.0 Å². The molecular formula is C22H26FN3O. The fourth-order valence-corrected chi connectivity index (χ4v) is 3.24. The third-order valence-corrected chi connectivity index (χ3v) is 4.93. The Labute approximate surface area is 160 Å². The van der Waals surface area contributed by atoms with Crippen LogP contribution in [0.25, 0.3) is 6.08 Å². The van der Waals surface area contributed by atoms with Crippen LogP contribution < -0.4 is 10.2 Å². The van der Waals surface area contributed by atoms with Crippen molar-refractivity contribution >= 4 is 17.7 Å². The summed E-state index contributed by atoms with van der Waals surface area (Å²) in [6.45, 7) is 6.70. The van der Waals surface area contributed by atoms with Crippen LogP contribution in [0.3, 0.4) is 0 Å². The van der Waals surface area contributed by atoms with Gasteiger partial charge in [-0.1, -0.05) is 30.3 Å². The molecular weight excluding hydrogens is 341 g/mol. The minimum atomic E-state index is -0.280. The van der Waals surface area contributed by atoms with Gasteiger partial charge in [-0.25, -0.2) is 4.39 Å². The van der Waals surface area contributed by atoms with Crippen molar-refractivity contribution in [3.63, 3.8) is 0 Å². The van der Waals surface area contributed by atoms with Crippen molar-refractivity contribution in [1.82, 2.24) is 10.2 Å². The predicted octanol–water partition coefficient (Wildman–Crippen LogP) is 3.17. The largest absolute Gasteiger partial charge is 0.369 e. The first-order chi connectivity index (χ1) is 13.1. The van der Waals surface area contributed by atoms with Gasteiger partial charge in [0.15, 0.2) is 0 Å². The first-order valence-electron chi connectivity index (χ1n) is 9.37. The molecule has 4 nitrogen and oxygen atoms in total. The number of anilines is 1. The normalized spacial score (nSPS) is 16.4. The highest BCUT2D eigenvalue weighted by Crippen LogP contribution is 2.16. The number of carbonyl (C=O) groups is 1. The monoisotopic (exact) mass is 367 g/mol. The number of halogens is 1. The van der Waals surface area contributed by atoms with Crippen molar-refractivity contribution in [3.8, 4) is 0 Å². The number of nitrogens with one attached hydrogen (secondary N) is 1. The molecule has 1 amide bonds. The zero-order chi connectivity index (χ0) is 19.1. The molecule has 2 aromatic carbocycles. The van der Waals surface area contributed by atoms with Gasteiger partial charge in [-0.2, -0.15) is 0 Å². The second-order valence-corrected chi connectivity index (χ2v) is 6.84. The maximum Gasteiger partial charge on any atom is 0.244 e. The molecule has 0 aliphatic carbocycles. The van der Waals surface area contributed by atoms with E-state index in [2.05, 4.69) is 46.3 Å². The Morgan fingerprint density at radius 2 is 1.74 bits per heavy atom. The summed E-state index contributed by atoms with van der Waals surface area (Å²) >= 11 is 0. The SMILES string of the molecule is C[C@H](CNC(=O)/C=C/c1ccc(F)cc1)N1CCN(c2ccccc2)CC1. The Morgan fingerprint density at radius 1 is 1.07 bits per heavy atom. The molecule has 3 rings (SSSR count). The molecule has 1 aliphatic rings. The minimum Gasteiger partial charge on any atom is -0.369 e. The summed E-state index contributed by atoms with van der Waals surface area (Å²) in [6, 6.07) is 16.8. The maximum atomic E-state index is 12.9. The van der Waals surface area contributed by atoms with Crippen LogP contribution in [-0.4, -0.2) is 49.6 Å². The summed E-state index contributed by atoms with van der Waals surface area (Å²) in [5.74, 6) is -0.410. The van der Waals surface area contributed by atoms with Gasteiger partial charge in [0.05, 0.1) is 0 Å². The van der Waals surface area contributed by atoms with Crippen LogP contribution in [0.5, 0.6) is 0 Å². The lowest BCUT2D eigenvalue weighted by Crippen LogP contribution is -2.52. The Kier molecular flexibility index (Phi) is 6.60. The molecule has 5 heteroatoms. The lowest BCUT2D eigenvalue weighted by Gasteiger charge is -2.39. The van der Waals surface area contributed by atoms with E-state index in [0.717, 1.165) is 31.7 Å². The van der Waals surface area contributed by atoms with Crippen LogP contribution in [0.1, 0.15) is 12.5 Å². The van der Waals surface area contributed by atoms with Gasteiger partial charge in [-0.3, -0.25) is 9.69 Å². The van der Waals surface area contributed by atoms with E-state index >= 15 is 0 Å². The van der Waals surface area contributed by atoms with Crippen LogP contribution in [-0.2, 0) is 4.79 Å². The molecule has 1 fully saturated rings. The summed E-state index contributed by atoms with van der Waals surface area (Å²) < 4.78 is 12.9. The topological polar surface area (TPSA) is 35.6 Å². The molecule has 1 saturated heterocycles. The van der Waals surface area contributed by atoms with E-state index in [9.17, 15) is 9.18 Å². The van der Waals surface area contributed by atoms with Crippen molar-refractivity contribution in [2.24, 2.45) is 0 Å². The lowest BCUT2D eigenvalue weighted by atomic mass is 10.2. The number of piperazine rings is 1. The van der Waals surface area contributed by atoms with Crippen molar-refractivity contribution < 1.29 is 9.18 Å². The van der Waals surface area contributed by atoms with Crippen molar-refractivity contribution in [1.29, 1.82) is 0 Å². The molecule has 1 heterocycles. The first-order valence-corrected chi connectivity index (χ1v) is 9.37. The van der Waals surface area contributed by atoms with Gasteiger partial charge in [0.2, 0.25) is 5.91 Å². The standard InChI is InChI=1S/C22H26FN3O/c1-18(17-24-22(27)12-9-19-7-10-20(23)11-8-19)25-13-15-26(16-14-25)21-5-3-2-4-6-21/h2-12,18H,13-17H2,1H3,(H,24,27)/b12-9+/t18-/m1/s1. The number of hydrogen-bond acceptors (Lipinski definition) is 3. The number of amides is 1. The second-order valence-electron chi connectivity index (χ2n) is 6.84. The Morgan fingerprint density at radius 3 is 2.41 bits per heavy atom. The van der Waals surface area contributed by atoms with Gasteiger partial charge < -0.3 is 10.2 Å². The van der Waals surface area contributed by atoms with Gasteiger partial charge in [0.25, 0.3) is 0 Å². The first kappa shape index (κ1) is 19.1. The Balaban J connectivity index is 1.41. The fraction of sp³-hybridized carbons (Fsp3) is 0.318. The summed E-state index contributed by atoms with van der Waals surface area (Å²) in [5, 5.41) is 2.95. The number of rotatable bonds is 6. The summed E-state index contributed by atoms with van der Waals surface area (Å²) in [4.78, 5) is 16.8. The van der Waals surface area contributed by atoms with E-state index in [-0.39, 0.29) is 17.8 Å². The molecule has 0 bridgehead atoms. The second kappa shape index (κ2) is 9.33. The summed E-state index contributed by atoms with van der Waals surface area (Å²) in [6.07, 6.45) is 3.19. The Bertz CT molecular complexity index is 753. The maximum absolute atomic E-state index is 12.9. The van der Waals surface area contributed by atoms with Gasteiger partial charge in [-0.05, 0) is 42.8 Å². The lowest BCUT2D eigenvalue weighted by molar-refractivity contribution is -0.116. The average Bonchev–Trinajstić information content (AvgIpc) is 2.72. The molecule has 0 unspecified atom stereocenters. The predicted molar refractivity (Wildman–Crippen MR) is 108 cm³/mol. The molecule has 2 aromatic rings. The summed E-state index contributed by atoms with van der Waals surface area (Å²) in [5.41, 5.74) is 2.07. The zero-order valence-electron chi connectivity index (χ0n) is 15.6. The molecule has 27 heavy (non-hydrogen) atoms. The highest BCUT2D eigenvalue weighted by atomic mass is 19.1. The number of carbonyl (C=O) groups excluding carboxylic acids is 1. The van der Waals surface area contributed by atoms with E-state index in [4.69, 9.17) is 0 Å². The molecule has 1 aliphatic heterocycles. The van der Waals surface area contributed by atoms with Crippen LogP contribution in [0.15, 0.2) is 60.7 Å². The number of hydrogen-bond donors (Lipinski definition) is 1. The zero-order valence-corrected chi connectivity index (χ0v) is 15.6. The molecule has 1 atom stereocenters. The van der Waals surface area contributed by atoms with Gasteiger partial charge >= 0.3 is 0 Å². The van der Waals surface area contributed by atoms with E-state index in [1.54, 1.807) is 18.2 Å². The van der Waals surface area contributed by atoms with Crippen molar-refractivity contribution in [2.75, 3.05) is 37.6 Å². The van der Waals surface area contributed by atoms with Gasteiger partial charge in [0, 0.05) is 50.5 Å². The van der Waals surface area contributed by atoms with Crippen LogP contribution in [0, 0.1) is 5.82 Å². The van der Waals surface area contributed by atoms with Crippen LogP contribution in [0.4, 0.5) is 10.1 Å². The molecule has 0 saturated carbocycles. The molecule has 0 aromatic heterocycles. The van der Waals surface area contributed by atoms with Gasteiger partial charge in [-0.15, -0.1) is 0 Å². The highest BCUT2D eigenvalue weighted by Gasteiger charge is 2.21. The van der Waals surface area contributed by atoms with Crippen LogP contribution >= 0.6 is 0 Å². The minimum absolute atomic E-state index is 0.130. The smallest absolute Gasteiger partial charge is 0.244 e. The quantitative estimate of drug-likeness (QED) is 0.797. The van der Waals surface area contributed by atoms with Crippen molar-refractivity contribution in [3.05, 3.63) is 72.1 Å². The number of nitrogens with zero attached hydrogens (tertiary/aromatic N) is 2. The number of para-hydroxylation sites is 1. The Hall–Kier alpha value is -2.66. The molecule has 0 radical (unpaired) electrons. The molecule has 142 valence electrons. The fourth-order valence-electron chi connectivity index (χ4n) is 3.24. The van der Waals surface area contributed by atoms with E-state index in [0.29, 0.717) is 6.54 Å². The highest BCUT2D eigenvalue weighted by molar-refractivity contribution is 5.91. The van der Waals surface area contributed by atoms with Crippen LogP contribution in [0.2, 0.25) is 0 Å². The van der Waals surface area contributed by atoms with E-state index in [1.807, 2.05) is 6.07 Å². The van der Waals surface area contributed by atoms with E-state index < -0.39 is 0 Å². The third kappa shape index (κ3) is 5.66. The van der Waals surface area contributed by atoms with Gasteiger partial charge in [0.1, 0.15) is 5.82 Å².